The molecular weight excluding hydrogens is 230 g/mol. The Hall–Kier alpha value is -1.55. The molecule has 1 aliphatic heterocycles. The Kier molecular flexibility index (Phi) is 3.57. The molecule has 0 unspecified atom stereocenters. The minimum absolute atomic E-state index is 0.293. The van der Waals surface area contributed by atoms with Crippen molar-refractivity contribution in [3.63, 3.8) is 0 Å². The molecule has 1 fully saturated rings. The van der Waals surface area contributed by atoms with Gasteiger partial charge in [0, 0.05) is 18.7 Å². The van der Waals surface area contributed by atoms with Gasteiger partial charge in [-0.3, -0.25) is 4.79 Å². The Labute approximate surface area is 107 Å². The molecule has 1 saturated heterocycles. The van der Waals surface area contributed by atoms with E-state index < -0.39 is 18.1 Å². The molecule has 0 aliphatic carbocycles. The average Bonchev–Trinajstić information content (AvgIpc) is 2.71. The molecule has 0 saturated carbocycles. The van der Waals surface area contributed by atoms with E-state index in [1.807, 2.05) is 24.3 Å². The molecule has 1 aromatic rings. The molecule has 2 rings (SSSR count). The van der Waals surface area contributed by atoms with Crippen LogP contribution in [0.25, 0.3) is 0 Å². The number of hydrogen-bond donors (Lipinski definition) is 2. The van der Waals surface area contributed by atoms with Crippen molar-refractivity contribution in [2.75, 3.05) is 11.4 Å². The molecule has 0 aromatic heterocycles. The fourth-order valence-electron chi connectivity index (χ4n) is 2.49. The van der Waals surface area contributed by atoms with Crippen LogP contribution in [0.15, 0.2) is 24.3 Å². The van der Waals surface area contributed by atoms with Gasteiger partial charge >= 0.3 is 5.97 Å². The van der Waals surface area contributed by atoms with Crippen LogP contribution in [-0.2, 0) is 4.79 Å². The lowest BCUT2D eigenvalue weighted by Crippen LogP contribution is -2.30. The summed E-state index contributed by atoms with van der Waals surface area (Å²) in [6.07, 6.45) is -0.409. The number of carbonyl (C=O) groups is 1. The van der Waals surface area contributed by atoms with Gasteiger partial charge in [0.25, 0.3) is 0 Å². The van der Waals surface area contributed by atoms with Crippen molar-refractivity contribution in [2.24, 2.45) is 5.92 Å². The second-order valence-corrected chi connectivity index (χ2v) is 5.12. The van der Waals surface area contributed by atoms with Crippen LogP contribution >= 0.6 is 0 Å². The largest absolute Gasteiger partial charge is 0.481 e. The first-order valence-corrected chi connectivity index (χ1v) is 6.27. The van der Waals surface area contributed by atoms with Crippen molar-refractivity contribution in [1.82, 2.24) is 0 Å². The van der Waals surface area contributed by atoms with Crippen molar-refractivity contribution in [1.29, 1.82) is 0 Å². The normalized spacial score (nSPS) is 23.7. The first kappa shape index (κ1) is 12.9. The highest BCUT2D eigenvalue weighted by Crippen LogP contribution is 2.33. The number of benzene rings is 1. The molecule has 0 radical (unpaired) electrons. The predicted molar refractivity (Wildman–Crippen MR) is 69.6 cm³/mol. The lowest BCUT2D eigenvalue weighted by Gasteiger charge is -2.26. The van der Waals surface area contributed by atoms with Crippen molar-refractivity contribution in [2.45, 2.75) is 32.4 Å². The quantitative estimate of drug-likeness (QED) is 0.860. The molecular formula is C14H19NO3. The Morgan fingerprint density at radius 3 is 2.61 bits per heavy atom. The third-order valence-corrected chi connectivity index (χ3v) is 3.49. The number of aliphatic hydroxyl groups is 1. The van der Waals surface area contributed by atoms with Crippen LogP contribution in [0.5, 0.6) is 0 Å². The fourth-order valence-corrected chi connectivity index (χ4v) is 2.49. The smallest absolute Gasteiger partial charge is 0.308 e. The summed E-state index contributed by atoms with van der Waals surface area (Å²) in [5, 5.41) is 19.1. The number of para-hydroxylation sites is 1. The van der Waals surface area contributed by atoms with Crippen molar-refractivity contribution >= 4 is 11.7 Å². The zero-order chi connectivity index (χ0) is 13.3. The van der Waals surface area contributed by atoms with Crippen LogP contribution in [0.4, 0.5) is 5.69 Å². The molecule has 18 heavy (non-hydrogen) atoms. The van der Waals surface area contributed by atoms with Gasteiger partial charge in [-0.25, -0.2) is 0 Å². The fraction of sp³-hybridized carbons (Fsp3) is 0.500. The maximum absolute atomic E-state index is 11.0. The van der Waals surface area contributed by atoms with E-state index in [4.69, 9.17) is 5.11 Å². The van der Waals surface area contributed by atoms with Crippen LogP contribution in [-0.4, -0.2) is 29.0 Å². The standard InChI is InChI=1S/C14H19NO3/c1-9(2)11-5-3-4-6-12(11)15-8-10(14(17)18)7-13(15)16/h3-6,9-10,13,16H,7-8H2,1-2H3,(H,17,18)/t10-,13-/m1/s1. The zero-order valence-corrected chi connectivity index (χ0v) is 10.7. The third-order valence-electron chi connectivity index (χ3n) is 3.49. The number of aliphatic hydroxyl groups excluding tert-OH is 1. The summed E-state index contributed by atoms with van der Waals surface area (Å²) in [7, 11) is 0. The van der Waals surface area contributed by atoms with E-state index in [1.54, 1.807) is 4.90 Å². The van der Waals surface area contributed by atoms with E-state index >= 15 is 0 Å². The van der Waals surface area contributed by atoms with Gasteiger partial charge in [-0.2, -0.15) is 0 Å². The Morgan fingerprint density at radius 2 is 2.06 bits per heavy atom. The highest BCUT2D eigenvalue weighted by atomic mass is 16.4. The summed E-state index contributed by atoms with van der Waals surface area (Å²) < 4.78 is 0. The van der Waals surface area contributed by atoms with Gasteiger partial charge in [-0.1, -0.05) is 32.0 Å². The minimum atomic E-state index is -0.835. The van der Waals surface area contributed by atoms with E-state index in [0.717, 1.165) is 11.3 Å². The molecule has 0 bridgehead atoms. The van der Waals surface area contributed by atoms with Crippen LogP contribution in [0.3, 0.4) is 0 Å². The number of anilines is 1. The van der Waals surface area contributed by atoms with E-state index in [-0.39, 0.29) is 0 Å². The summed E-state index contributed by atoms with van der Waals surface area (Å²) in [5.74, 6) is -0.976. The van der Waals surface area contributed by atoms with E-state index in [1.165, 1.54) is 0 Å². The minimum Gasteiger partial charge on any atom is -0.481 e. The van der Waals surface area contributed by atoms with Gasteiger partial charge < -0.3 is 15.1 Å². The van der Waals surface area contributed by atoms with Gasteiger partial charge in [0.05, 0.1) is 5.92 Å². The number of hydrogen-bond acceptors (Lipinski definition) is 3. The van der Waals surface area contributed by atoms with E-state index in [0.29, 0.717) is 18.9 Å². The first-order chi connectivity index (χ1) is 8.50. The SMILES string of the molecule is CC(C)c1ccccc1N1C[C@H](C(=O)O)C[C@H]1O. The topological polar surface area (TPSA) is 60.8 Å². The van der Waals surface area contributed by atoms with Crippen molar-refractivity contribution in [3.8, 4) is 0 Å². The highest BCUT2D eigenvalue weighted by molar-refractivity contribution is 5.72. The van der Waals surface area contributed by atoms with Crippen molar-refractivity contribution in [3.05, 3.63) is 29.8 Å². The predicted octanol–water partition coefficient (Wildman–Crippen LogP) is 2.04. The van der Waals surface area contributed by atoms with Crippen LogP contribution in [0.1, 0.15) is 31.7 Å². The van der Waals surface area contributed by atoms with Gasteiger partial charge in [0.15, 0.2) is 0 Å². The maximum Gasteiger partial charge on any atom is 0.308 e. The summed E-state index contributed by atoms with van der Waals surface area (Å²) in [6.45, 7) is 4.56. The molecule has 2 N–H and O–H groups in total. The van der Waals surface area contributed by atoms with Crippen molar-refractivity contribution < 1.29 is 15.0 Å². The average molecular weight is 249 g/mol. The Balaban J connectivity index is 2.29. The third kappa shape index (κ3) is 2.34. The van der Waals surface area contributed by atoms with E-state index in [9.17, 15) is 9.90 Å². The molecule has 1 heterocycles. The van der Waals surface area contributed by atoms with Crippen LogP contribution in [0, 0.1) is 5.92 Å². The van der Waals surface area contributed by atoms with E-state index in [2.05, 4.69) is 13.8 Å². The molecule has 1 aromatic carbocycles. The number of carboxylic acids is 1. The lowest BCUT2D eigenvalue weighted by atomic mass is 10.0. The Bertz CT molecular complexity index is 444. The van der Waals surface area contributed by atoms with Gasteiger partial charge in [-0.15, -0.1) is 0 Å². The molecule has 98 valence electrons. The lowest BCUT2D eigenvalue weighted by molar-refractivity contribution is -0.141. The summed E-state index contributed by atoms with van der Waals surface area (Å²) in [4.78, 5) is 12.8. The van der Waals surface area contributed by atoms with Crippen LogP contribution in [0.2, 0.25) is 0 Å². The van der Waals surface area contributed by atoms with Gasteiger partial charge in [0.2, 0.25) is 0 Å². The van der Waals surface area contributed by atoms with Gasteiger partial charge in [-0.05, 0) is 17.5 Å². The monoisotopic (exact) mass is 249 g/mol. The second kappa shape index (κ2) is 4.98. The number of rotatable bonds is 3. The molecule has 0 amide bonds. The summed E-state index contributed by atoms with van der Waals surface area (Å²) in [5.41, 5.74) is 2.09. The number of nitrogens with zero attached hydrogens (tertiary/aromatic N) is 1. The second-order valence-electron chi connectivity index (χ2n) is 5.12. The zero-order valence-electron chi connectivity index (χ0n) is 10.7. The van der Waals surface area contributed by atoms with Crippen LogP contribution < -0.4 is 4.90 Å². The highest BCUT2D eigenvalue weighted by Gasteiger charge is 2.35. The molecule has 4 nitrogen and oxygen atoms in total. The first-order valence-electron chi connectivity index (χ1n) is 6.27. The molecule has 2 atom stereocenters. The number of carboxylic acid groups (broad SMARTS) is 1. The van der Waals surface area contributed by atoms with Gasteiger partial charge in [0.1, 0.15) is 6.23 Å². The molecule has 1 aliphatic rings. The Morgan fingerprint density at radius 1 is 1.39 bits per heavy atom. The number of aliphatic carboxylic acids is 1. The summed E-state index contributed by atoms with van der Waals surface area (Å²) >= 11 is 0. The summed E-state index contributed by atoms with van der Waals surface area (Å²) in [6, 6.07) is 7.86. The maximum atomic E-state index is 11.0. The molecule has 4 heteroatoms. The molecule has 0 spiro atoms.